The third kappa shape index (κ3) is 4.16. The summed E-state index contributed by atoms with van der Waals surface area (Å²) in [5, 5.41) is 0. The summed E-state index contributed by atoms with van der Waals surface area (Å²) in [7, 11) is 1.66. The van der Waals surface area contributed by atoms with Crippen LogP contribution < -0.4 is 10.5 Å². The number of benzene rings is 1. The number of hydrogen-bond acceptors (Lipinski definition) is 4. The van der Waals surface area contributed by atoms with Crippen LogP contribution >= 0.6 is 0 Å². The first-order valence-electron chi connectivity index (χ1n) is 8.12. The van der Waals surface area contributed by atoms with Crippen LogP contribution in [0.25, 0.3) is 0 Å². The fraction of sp³-hybridized carbons (Fsp3) is 0.611. The topological polar surface area (TPSA) is 64.8 Å². The largest absolute Gasteiger partial charge is 0.497 e. The number of rotatable bonds is 4. The van der Waals surface area contributed by atoms with E-state index in [9.17, 15) is 4.79 Å². The van der Waals surface area contributed by atoms with E-state index >= 15 is 0 Å². The standard InChI is InChI=1S/C18H28N2O3/c1-17(2,3)23-16(21)20-12-10-18(13-20,9-11-19)14-5-7-15(22-4)8-6-14/h5-8H,9-13,19H2,1-4H3. The van der Waals surface area contributed by atoms with E-state index in [0.717, 1.165) is 18.6 Å². The Labute approximate surface area is 138 Å². The van der Waals surface area contributed by atoms with Crippen LogP contribution in [0.1, 0.15) is 39.2 Å². The zero-order valence-electron chi connectivity index (χ0n) is 14.6. The molecule has 128 valence electrons. The van der Waals surface area contributed by atoms with Gasteiger partial charge in [-0.3, -0.25) is 0 Å². The van der Waals surface area contributed by atoms with Crippen LogP contribution in [-0.4, -0.2) is 43.3 Å². The third-order valence-corrected chi connectivity index (χ3v) is 4.33. The summed E-state index contributed by atoms with van der Waals surface area (Å²) in [6.45, 7) is 7.59. The smallest absolute Gasteiger partial charge is 0.410 e. The van der Waals surface area contributed by atoms with Crippen molar-refractivity contribution in [3.8, 4) is 5.75 Å². The Hall–Kier alpha value is -1.75. The zero-order valence-corrected chi connectivity index (χ0v) is 14.6. The van der Waals surface area contributed by atoms with Crippen LogP contribution in [0.2, 0.25) is 0 Å². The molecule has 5 heteroatoms. The van der Waals surface area contributed by atoms with Crippen LogP contribution in [0.3, 0.4) is 0 Å². The fourth-order valence-corrected chi connectivity index (χ4v) is 3.16. The van der Waals surface area contributed by atoms with E-state index in [-0.39, 0.29) is 11.5 Å². The van der Waals surface area contributed by atoms with Gasteiger partial charge in [-0.25, -0.2) is 4.79 Å². The van der Waals surface area contributed by atoms with Crippen LogP contribution in [0.4, 0.5) is 4.79 Å². The first-order valence-corrected chi connectivity index (χ1v) is 8.12. The van der Waals surface area contributed by atoms with Crippen LogP contribution in [0.15, 0.2) is 24.3 Å². The number of nitrogens with zero attached hydrogens (tertiary/aromatic N) is 1. The number of carbonyl (C=O) groups excluding carboxylic acids is 1. The van der Waals surface area contributed by atoms with Crippen LogP contribution in [-0.2, 0) is 10.2 Å². The highest BCUT2D eigenvalue weighted by atomic mass is 16.6. The van der Waals surface area contributed by atoms with Gasteiger partial charge in [-0.2, -0.15) is 0 Å². The Morgan fingerprint density at radius 1 is 1.30 bits per heavy atom. The first-order chi connectivity index (χ1) is 10.8. The summed E-state index contributed by atoms with van der Waals surface area (Å²) < 4.78 is 10.7. The van der Waals surface area contributed by atoms with Crippen molar-refractivity contribution in [1.82, 2.24) is 4.90 Å². The second-order valence-electron chi connectivity index (χ2n) is 7.20. The minimum atomic E-state index is -0.476. The van der Waals surface area contributed by atoms with Gasteiger partial charge in [0.25, 0.3) is 0 Å². The normalized spacial score (nSPS) is 21.3. The van der Waals surface area contributed by atoms with E-state index in [2.05, 4.69) is 12.1 Å². The number of carbonyl (C=O) groups is 1. The van der Waals surface area contributed by atoms with Gasteiger partial charge in [0.15, 0.2) is 0 Å². The van der Waals surface area contributed by atoms with Gasteiger partial charge in [-0.15, -0.1) is 0 Å². The monoisotopic (exact) mass is 320 g/mol. The predicted molar refractivity (Wildman–Crippen MR) is 90.8 cm³/mol. The van der Waals surface area contributed by atoms with Gasteiger partial charge in [-0.05, 0) is 57.9 Å². The molecule has 0 aromatic heterocycles. The molecule has 1 heterocycles. The minimum Gasteiger partial charge on any atom is -0.497 e. The fourth-order valence-electron chi connectivity index (χ4n) is 3.16. The number of nitrogens with two attached hydrogens (primary N) is 1. The van der Waals surface area contributed by atoms with E-state index in [1.807, 2.05) is 32.9 Å². The lowest BCUT2D eigenvalue weighted by molar-refractivity contribution is 0.0283. The average Bonchev–Trinajstić information content (AvgIpc) is 2.92. The van der Waals surface area contributed by atoms with E-state index in [1.165, 1.54) is 5.56 Å². The third-order valence-electron chi connectivity index (χ3n) is 4.33. The molecule has 2 rings (SSSR count). The lowest BCUT2D eigenvalue weighted by Crippen LogP contribution is -2.39. The summed E-state index contributed by atoms with van der Waals surface area (Å²) in [6, 6.07) is 8.08. The molecule has 1 aliphatic rings. The van der Waals surface area contributed by atoms with Crippen molar-refractivity contribution >= 4 is 6.09 Å². The SMILES string of the molecule is COc1ccc(C2(CCN)CCN(C(=O)OC(C)(C)C)C2)cc1. The Bertz CT molecular complexity index is 536. The summed E-state index contributed by atoms with van der Waals surface area (Å²) in [5.74, 6) is 0.832. The molecule has 1 aromatic rings. The Morgan fingerprint density at radius 3 is 2.48 bits per heavy atom. The summed E-state index contributed by atoms with van der Waals surface area (Å²) in [5.41, 5.74) is 6.48. The molecule has 1 saturated heterocycles. The quantitative estimate of drug-likeness (QED) is 0.926. The molecule has 1 aromatic carbocycles. The maximum atomic E-state index is 12.3. The molecule has 0 radical (unpaired) electrons. The molecule has 0 bridgehead atoms. The van der Waals surface area contributed by atoms with E-state index < -0.39 is 5.60 Å². The molecule has 1 unspecified atom stereocenters. The molecule has 23 heavy (non-hydrogen) atoms. The Morgan fingerprint density at radius 2 is 1.96 bits per heavy atom. The lowest BCUT2D eigenvalue weighted by atomic mass is 9.77. The van der Waals surface area contributed by atoms with Crippen molar-refractivity contribution in [1.29, 1.82) is 0 Å². The van der Waals surface area contributed by atoms with Gasteiger partial charge < -0.3 is 20.1 Å². The maximum Gasteiger partial charge on any atom is 0.410 e. The van der Waals surface area contributed by atoms with Crippen molar-refractivity contribution < 1.29 is 14.3 Å². The molecule has 0 saturated carbocycles. The molecule has 1 amide bonds. The zero-order chi connectivity index (χ0) is 17.1. The molecule has 1 atom stereocenters. The van der Waals surface area contributed by atoms with E-state index in [0.29, 0.717) is 19.6 Å². The number of likely N-dealkylation sites (tertiary alicyclic amines) is 1. The molecule has 0 spiro atoms. The number of ether oxygens (including phenoxy) is 2. The van der Waals surface area contributed by atoms with Gasteiger partial charge in [0.2, 0.25) is 0 Å². The highest BCUT2D eigenvalue weighted by Gasteiger charge is 2.41. The lowest BCUT2D eigenvalue weighted by Gasteiger charge is -2.30. The summed E-state index contributed by atoms with van der Waals surface area (Å²) in [6.07, 6.45) is 1.50. The van der Waals surface area contributed by atoms with E-state index in [1.54, 1.807) is 12.0 Å². The minimum absolute atomic E-state index is 0.0993. The Balaban J connectivity index is 2.17. The molecule has 1 aliphatic heterocycles. The molecule has 0 aliphatic carbocycles. The molecular formula is C18H28N2O3. The number of hydrogen-bond donors (Lipinski definition) is 1. The maximum absolute atomic E-state index is 12.3. The number of amides is 1. The van der Waals surface area contributed by atoms with Crippen LogP contribution in [0.5, 0.6) is 5.75 Å². The van der Waals surface area contributed by atoms with Crippen molar-refractivity contribution in [2.45, 2.75) is 44.6 Å². The van der Waals surface area contributed by atoms with E-state index in [4.69, 9.17) is 15.2 Å². The molecule has 5 nitrogen and oxygen atoms in total. The second-order valence-corrected chi connectivity index (χ2v) is 7.20. The van der Waals surface area contributed by atoms with Gasteiger partial charge in [-0.1, -0.05) is 12.1 Å². The summed E-state index contributed by atoms with van der Waals surface area (Å²) >= 11 is 0. The molecular weight excluding hydrogens is 292 g/mol. The van der Waals surface area contributed by atoms with Crippen molar-refractivity contribution in [2.24, 2.45) is 5.73 Å². The highest BCUT2D eigenvalue weighted by Crippen LogP contribution is 2.38. The molecule has 1 fully saturated rings. The highest BCUT2D eigenvalue weighted by molar-refractivity contribution is 5.69. The van der Waals surface area contributed by atoms with Gasteiger partial charge >= 0.3 is 6.09 Å². The first kappa shape index (κ1) is 17.6. The average molecular weight is 320 g/mol. The molecule has 2 N–H and O–H groups in total. The van der Waals surface area contributed by atoms with Crippen molar-refractivity contribution in [3.63, 3.8) is 0 Å². The van der Waals surface area contributed by atoms with Gasteiger partial charge in [0, 0.05) is 18.5 Å². The van der Waals surface area contributed by atoms with Crippen LogP contribution in [0, 0.1) is 0 Å². The number of methoxy groups -OCH3 is 1. The van der Waals surface area contributed by atoms with Crippen molar-refractivity contribution in [2.75, 3.05) is 26.7 Å². The van der Waals surface area contributed by atoms with Gasteiger partial charge in [0.1, 0.15) is 11.4 Å². The summed E-state index contributed by atoms with van der Waals surface area (Å²) in [4.78, 5) is 14.1. The van der Waals surface area contributed by atoms with Gasteiger partial charge in [0.05, 0.1) is 7.11 Å². The Kier molecular flexibility index (Phi) is 5.19. The van der Waals surface area contributed by atoms with Crippen molar-refractivity contribution in [3.05, 3.63) is 29.8 Å². The predicted octanol–water partition coefficient (Wildman–Crippen LogP) is 2.92. The second kappa shape index (κ2) is 6.79.